The lowest BCUT2D eigenvalue weighted by Crippen LogP contribution is -2.37. The molecular weight excluding hydrogens is 342 g/mol. The molecular formula is C20H27N5O2. The maximum absolute atomic E-state index is 12.1. The van der Waals surface area contributed by atoms with Gasteiger partial charge in [-0.05, 0) is 25.5 Å². The van der Waals surface area contributed by atoms with Gasteiger partial charge in [-0.2, -0.15) is 4.98 Å². The molecule has 1 saturated heterocycles. The summed E-state index contributed by atoms with van der Waals surface area (Å²) in [5.74, 6) is 1.46. The van der Waals surface area contributed by atoms with E-state index in [2.05, 4.69) is 32.4 Å². The molecule has 2 N–H and O–H groups in total. The van der Waals surface area contributed by atoms with Gasteiger partial charge < -0.3 is 20.3 Å². The molecule has 1 fully saturated rings. The molecule has 1 aromatic carbocycles. The van der Waals surface area contributed by atoms with E-state index in [1.54, 1.807) is 0 Å². The van der Waals surface area contributed by atoms with Crippen molar-refractivity contribution < 1.29 is 9.53 Å². The number of nitrogens with zero attached hydrogens (tertiary/aromatic N) is 3. The largest absolute Gasteiger partial charge is 0.378 e. The minimum absolute atomic E-state index is 0.0236. The van der Waals surface area contributed by atoms with E-state index in [4.69, 9.17) is 4.74 Å². The summed E-state index contributed by atoms with van der Waals surface area (Å²) in [5, 5.41) is 6.16. The number of ether oxygens (including phenoxy) is 1. The van der Waals surface area contributed by atoms with Gasteiger partial charge in [0.1, 0.15) is 5.82 Å². The Labute approximate surface area is 160 Å². The lowest BCUT2D eigenvalue weighted by molar-refractivity contribution is -0.115. The first-order valence-corrected chi connectivity index (χ1v) is 9.45. The number of aromatic nitrogens is 2. The van der Waals surface area contributed by atoms with Crippen LogP contribution in [0.3, 0.4) is 0 Å². The van der Waals surface area contributed by atoms with Gasteiger partial charge >= 0.3 is 0 Å². The number of benzene rings is 1. The zero-order chi connectivity index (χ0) is 19.1. The summed E-state index contributed by atoms with van der Waals surface area (Å²) in [5.41, 5.74) is 2.97. The number of aryl methyl sites for hydroxylation is 2. The summed E-state index contributed by atoms with van der Waals surface area (Å²) in [7, 11) is 0. The van der Waals surface area contributed by atoms with Crippen molar-refractivity contribution in [2.75, 3.05) is 48.4 Å². The molecule has 0 bridgehead atoms. The summed E-state index contributed by atoms with van der Waals surface area (Å²) in [6, 6.07) is 9.73. The van der Waals surface area contributed by atoms with E-state index in [9.17, 15) is 4.79 Å². The predicted octanol–water partition coefficient (Wildman–Crippen LogP) is 2.62. The Balaban J connectivity index is 1.55. The van der Waals surface area contributed by atoms with Crippen LogP contribution in [0.2, 0.25) is 0 Å². The molecule has 0 atom stereocenters. The van der Waals surface area contributed by atoms with Gasteiger partial charge in [0, 0.05) is 43.5 Å². The smallest absolute Gasteiger partial charge is 0.227 e. The number of hydrogen-bond donors (Lipinski definition) is 2. The fourth-order valence-electron chi connectivity index (χ4n) is 2.82. The van der Waals surface area contributed by atoms with Crippen LogP contribution in [-0.4, -0.2) is 48.7 Å². The number of rotatable bonds is 7. The van der Waals surface area contributed by atoms with E-state index >= 15 is 0 Å². The highest BCUT2D eigenvalue weighted by Gasteiger charge is 2.15. The minimum Gasteiger partial charge on any atom is -0.378 e. The number of carbonyl (C=O) groups excluding carboxylic acids is 1. The van der Waals surface area contributed by atoms with Crippen molar-refractivity contribution in [2.45, 2.75) is 26.7 Å². The lowest BCUT2D eigenvalue weighted by atomic mass is 10.2. The maximum Gasteiger partial charge on any atom is 0.227 e. The number of hydrogen-bond acceptors (Lipinski definition) is 6. The average Bonchev–Trinajstić information content (AvgIpc) is 2.70. The number of carbonyl (C=O) groups is 1. The van der Waals surface area contributed by atoms with Gasteiger partial charge in [-0.1, -0.05) is 24.6 Å². The molecule has 0 spiro atoms. The van der Waals surface area contributed by atoms with Crippen LogP contribution in [0, 0.1) is 6.92 Å². The Hall–Kier alpha value is -2.67. The van der Waals surface area contributed by atoms with Crippen molar-refractivity contribution in [1.82, 2.24) is 9.97 Å². The first-order chi connectivity index (χ1) is 13.1. The van der Waals surface area contributed by atoms with Crippen LogP contribution in [0.1, 0.15) is 24.6 Å². The van der Waals surface area contributed by atoms with Gasteiger partial charge in [-0.15, -0.1) is 0 Å². The van der Waals surface area contributed by atoms with Crippen molar-refractivity contribution >= 4 is 23.4 Å². The molecule has 2 heterocycles. The van der Waals surface area contributed by atoms with Crippen LogP contribution < -0.4 is 15.5 Å². The summed E-state index contributed by atoms with van der Waals surface area (Å²) in [4.78, 5) is 23.5. The van der Waals surface area contributed by atoms with Gasteiger partial charge in [0.15, 0.2) is 0 Å². The standard InChI is InChI=1S/C20H27N5O2/c1-3-16-14-18(24-20(23-16)25-10-12-27-13-11-25)21-9-8-19(26)22-17-6-4-15(2)5-7-17/h4-7,14H,3,8-13H2,1-2H3,(H,22,26)(H,21,23,24). The zero-order valence-electron chi connectivity index (χ0n) is 16.0. The van der Waals surface area contributed by atoms with E-state index in [0.29, 0.717) is 26.2 Å². The predicted molar refractivity (Wildman–Crippen MR) is 107 cm³/mol. The Morgan fingerprint density at radius 2 is 1.93 bits per heavy atom. The van der Waals surface area contributed by atoms with E-state index in [1.165, 1.54) is 5.56 Å². The third-order valence-electron chi connectivity index (χ3n) is 4.42. The van der Waals surface area contributed by atoms with Crippen LogP contribution in [0.25, 0.3) is 0 Å². The van der Waals surface area contributed by atoms with Crippen molar-refractivity contribution in [3.63, 3.8) is 0 Å². The second-order valence-corrected chi connectivity index (χ2v) is 6.59. The van der Waals surface area contributed by atoms with E-state index < -0.39 is 0 Å². The Morgan fingerprint density at radius 1 is 1.19 bits per heavy atom. The molecule has 144 valence electrons. The summed E-state index contributed by atoms with van der Waals surface area (Å²) in [6.45, 7) is 7.60. The molecule has 3 rings (SSSR count). The second-order valence-electron chi connectivity index (χ2n) is 6.59. The Bertz CT molecular complexity index is 757. The van der Waals surface area contributed by atoms with Gasteiger partial charge in [-0.3, -0.25) is 4.79 Å². The molecule has 0 saturated carbocycles. The SMILES string of the molecule is CCc1cc(NCCC(=O)Nc2ccc(C)cc2)nc(N2CCOCC2)n1. The van der Waals surface area contributed by atoms with E-state index in [1.807, 2.05) is 37.3 Å². The zero-order valence-corrected chi connectivity index (χ0v) is 16.0. The summed E-state index contributed by atoms with van der Waals surface area (Å²) >= 11 is 0. The van der Waals surface area contributed by atoms with Gasteiger partial charge in [0.25, 0.3) is 0 Å². The molecule has 1 aliphatic heterocycles. The van der Waals surface area contributed by atoms with Crippen molar-refractivity contribution in [2.24, 2.45) is 0 Å². The highest BCUT2D eigenvalue weighted by molar-refractivity contribution is 5.90. The number of nitrogens with one attached hydrogen (secondary N) is 2. The minimum atomic E-state index is -0.0236. The fourth-order valence-corrected chi connectivity index (χ4v) is 2.82. The summed E-state index contributed by atoms with van der Waals surface area (Å²) in [6.07, 6.45) is 1.20. The Morgan fingerprint density at radius 3 is 2.63 bits per heavy atom. The summed E-state index contributed by atoms with van der Waals surface area (Å²) < 4.78 is 5.40. The molecule has 1 aliphatic rings. The van der Waals surface area contributed by atoms with Gasteiger partial charge in [0.05, 0.1) is 13.2 Å². The van der Waals surface area contributed by atoms with E-state index in [0.717, 1.165) is 42.7 Å². The van der Waals surface area contributed by atoms with Crippen LogP contribution in [0.15, 0.2) is 30.3 Å². The van der Waals surface area contributed by atoms with Crippen molar-refractivity contribution in [3.05, 3.63) is 41.6 Å². The Kier molecular flexibility index (Phi) is 6.59. The van der Waals surface area contributed by atoms with Crippen LogP contribution in [0.4, 0.5) is 17.5 Å². The van der Waals surface area contributed by atoms with Crippen molar-refractivity contribution in [1.29, 1.82) is 0 Å². The first kappa shape index (κ1) is 19.1. The maximum atomic E-state index is 12.1. The van der Waals surface area contributed by atoms with Gasteiger partial charge in [-0.25, -0.2) is 4.98 Å². The average molecular weight is 369 g/mol. The first-order valence-electron chi connectivity index (χ1n) is 9.45. The fraction of sp³-hybridized carbons (Fsp3) is 0.450. The van der Waals surface area contributed by atoms with Crippen LogP contribution >= 0.6 is 0 Å². The normalized spacial score (nSPS) is 14.1. The highest BCUT2D eigenvalue weighted by atomic mass is 16.5. The monoisotopic (exact) mass is 369 g/mol. The number of anilines is 3. The molecule has 0 radical (unpaired) electrons. The number of morpholine rings is 1. The molecule has 2 aromatic rings. The molecule has 0 unspecified atom stereocenters. The third kappa shape index (κ3) is 5.65. The molecule has 1 amide bonds. The van der Waals surface area contributed by atoms with E-state index in [-0.39, 0.29) is 5.91 Å². The third-order valence-corrected chi connectivity index (χ3v) is 4.42. The van der Waals surface area contributed by atoms with Crippen LogP contribution in [-0.2, 0) is 16.0 Å². The topological polar surface area (TPSA) is 79.4 Å². The molecule has 7 nitrogen and oxygen atoms in total. The van der Waals surface area contributed by atoms with Gasteiger partial charge in [0.2, 0.25) is 11.9 Å². The molecule has 0 aliphatic carbocycles. The number of amides is 1. The molecule has 1 aromatic heterocycles. The second kappa shape index (κ2) is 9.32. The van der Waals surface area contributed by atoms with Crippen LogP contribution in [0.5, 0.6) is 0 Å². The molecule has 7 heteroatoms. The lowest BCUT2D eigenvalue weighted by Gasteiger charge is -2.27. The quantitative estimate of drug-likeness (QED) is 0.781. The molecule has 27 heavy (non-hydrogen) atoms. The van der Waals surface area contributed by atoms with Crippen molar-refractivity contribution in [3.8, 4) is 0 Å². The highest BCUT2D eigenvalue weighted by Crippen LogP contribution is 2.16.